The van der Waals surface area contributed by atoms with E-state index in [0.29, 0.717) is 10.8 Å². The van der Waals surface area contributed by atoms with Gasteiger partial charge in [0.2, 0.25) is 0 Å². The van der Waals surface area contributed by atoms with E-state index in [-0.39, 0.29) is 12.1 Å². The average Bonchev–Trinajstić information content (AvgIpc) is 3.46. The Balaban J connectivity index is 1.66. The Morgan fingerprint density at radius 3 is 2.67 bits per heavy atom. The Labute approximate surface area is 202 Å². The van der Waals surface area contributed by atoms with Gasteiger partial charge in [0.25, 0.3) is 0 Å². The van der Waals surface area contributed by atoms with E-state index in [2.05, 4.69) is 43.0 Å². The largest absolute Gasteiger partial charge is 0.465 e. The van der Waals surface area contributed by atoms with Crippen LogP contribution >= 0.6 is 11.3 Å². The standard InChI is InChI=1S/C29H36O3S/c1-4-6-7-12-26(30)21-13-15-24(16-14-21)28-22(9-5-2)17-18-23(28)10-8-11-25-19-20-27(33-25)29(31)32-3/h13-16,19-20,23,26,30H,4,6-8,10-12,17-18H2,1-3H3/t23-,26?/m0/s1. The van der Waals surface area contributed by atoms with Gasteiger partial charge in [-0.05, 0) is 80.2 Å². The molecular formula is C29H36O3S. The number of carbonyl (C=O) groups excluding carboxylic acids is 1. The van der Waals surface area contributed by atoms with E-state index in [1.807, 2.05) is 19.1 Å². The van der Waals surface area contributed by atoms with E-state index in [0.717, 1.165) is 56.9 Å². The summed E-state index contributed by atoms with van der Waals surface area (Å²) in [5, 5.41) is 10.5. The highest BCUT2D eigenvalue weighted by Crippen LogP contribution is 2.42. The number of aliphatic hydroxyl groups is 1. The fourth-order valence-corrected chi connectivity index (χ4v) is 5.68. The van der Waals surface area contributed by atoms with Crippen LogP contribution in [0, 0.1) is 17.8 Å². The molecule has 4 heteroatoms. The van der Waals surface area contributed by atoms with Crippen molar-refractivity contribution in [1.82, 2.24) is 0 Å². The zero-order valence-corrected chi connectivity index (χ0v) is 21.0. The molecule has 0 bridgehead atoms. The minimum Gasteiger partial charge on any atom is -0.465 e. The van der Waals surface area contributed by atoms with Crippen LogP contribution in [0.1, 0.15) is 97.0 Å². The number of hydrogen-bond donors (Lipinski definition) is 1. The lowest BCUT2D eigenvalue weighted by Crippen LogP contribution is -2.02. The normalized spacial score (nSPS) is 16.4. The number of benzene rings is 1. The summed E-state index contributed by atoms with van der Waals surface area (Å²) in [6, 6.07) is 12.4. The number of hydrogen-bond acceptors (Lipinski definition) is 4. The van der Waals surface area contributed by atoms with Crippen molar-refractivity contribution in [2.24, 2.45) is 5.92 Å². The van der Waals surface area contributed by atoms with E-state index in [1.165, 1.54) is 46.5 Å². The number of carbonyl (C=O) groups is 1. The van der Waals surface area contributed by atoms with Crippen LogP contribution in [-0.2, 0) is 11.2 Å². The fraction of sp³-hybridized carbons (Fsp3) is 0.483. The molecule has 3 rings (SSSR count). The van der Waals surface area contributed by atoms with Crippen LogP contribution in [0.5, 0.6) is 0 Å². The zero-order valence-electron chi connectivity index (χ0n) is 20.2. The van der Waals surface area contributed by atoms with Crippen LogP contribution in [-0.4, -0.2) is 18.2 Å². The van der Waals surface area contributed by atoms with E-state index >= 15 is 0 Å². The molecule has 0 radical (unpaired) electrons. The van der Waals surface area contributed by atoms with Gasteiger partial charge in [0.05, 0.1) is 13.2 Å². The number of esters is 1. The lowest BCUT2D eigenvalue weighted by atomic mass is 9.88. The Kier molecular flexibility index (Phi) is 9.78. The number of ether oxygens (including phenoxy) is 1. The van der Waals surface area contributed by atoms with Gasteiger partial charge in [-0.15, -0.1) is 17.3 Å². The second-order valence-corrected chi connectivity index (χ2v) is 9.95. The average molecular weight is 465 g/mol. The van der Waals surface area contributed by atoms with Gasteiger partial charge in [0.15, 0.2) is 0 Å². The second kappa shape index (κ2) is 12.8. The molecule has 2 aromatic rings. The molecule has 1 heterocycles. The third-order valence-electron chi connectivity index (χ3n) is 6.46. The maximum Gasteiger partial charge on any atom is 0.348 e. The molecule has 1 aromatic heterocycles. The van der Waals surface area contributed by atoms with Crippen molar-refractivity contribution < 1.29 is 14.6 Å². The maximum absolute atomic E-state index is 11.7. The molecule has 176 valence electrons. The number of allylic oxidation sites excluding steroid dienone is 2. The quantitative estimate of drug-likeness (QED) is 0.215. The van der Waals surface area contributed by atoms with Crippen molar-refractivity contribution >= 4 is 22.9 Å². The fourth-order valence-electron chi connectivity index (χ4n) is 4.71. The maximum atomic E-state index is 11.7. The van der Waals surface area contributed by atoms with Crippen LogP contribution in [0.15, 0.2) is 42.0 Å². The SMILES string of the molecule is CC#CC1=C(c2ccc(C(O)CCCCC)cc2)[C@@H](CCCc2ccc(C(=O)OC)s2)CC1. The van der Waals surface area contributed by atoms with Crippen LogP contribution in [0.25, 0.3) is 5.57 Å². The van der Waals surface area contributed by atoms with Crippen LogP contribution in [0.4, 0.5) is 0 Å². The van der Waals surface area contributed by atoms with Gasteiger partial charge in [-0.1, -0.05) is 56.4 Å². The van der Waals surface area contributed by atoms with Crippen molar-refractivity contribution in [1.29, 1.82) is 0 Å². The number of rotatable bonds is 11. The van der Waals surface area contributed by atoms with Gasteiger partial charge >= 0.3 is 5.97 Å². The molecule has 1 unspecified atom stereocenters. The summed E-state index contributed by atoms with van der Waals surface area (Å²) >= 11 is 1.53. The molecule has 1 aliphatic rings. The van der Waals surface area contributed by atoms with E-state index in [4.69, 9.17) is 4.74 Å². The molecule has 0 aliphatic heterocycles. The number of aryl methyl sites for hydroxylation is 1. The molecule has 0 saturated carbocycles. The predicted molar refractivity (Wildman–Crippen MR) is 137 cm³/mol. The minimum absolute atomic E-state index is 0.256. The molecule has 0 saturated heterocycles. The summed E-state index contributed by atoms with van der Waals surface area (Å²) in [6.45, 7) is 4.09. The topological polar surface area (TPSA) is 46.5 Å². The van der Waals surface area contributed by atoms with E-state index in [9.17, 15) is 9.90 Å². The number of thiophene rings is 1. The van der Waals surface area contributed by atoms with Gasteiger partial charge in [0.1, 0.15) is 4.88 Å². The second-order valence-electron chi connectivity index (χ2n) is 8.79. The van der Waals surface area contributed by atoms with Crippen LogP contribution in [0.2, 0.25) is 0 Å². The van der Waals surface area contributed by atoms with Crippen LogP contribution in [0.3, 0.4) is 0 Å². The molecule has 3 nitrogen and oxygen atoms in total. The van der Waals surface area contributed by atoms with Crippen molar-refractivity contribution in [3.8, 4) is 11.8 Å². The summed E-state index contributed by atoms with van der Waals surface area (Å²) < 4.78 is 4.82. The van der Waals surface area contributed by atoms with E-state index < -0.39 is 0 Å². The molecule has 1 N–H and O–H groups in total. The van der Waals surface area contributed by atoms with Crippen LogP contribution < -0.4 is 0 Å². The first-order valence-electron chi connectivity index (χ1n) is 12.2. The molecule has 0 fully saturated rings. The van der Waals surface area contributed by atoms with E-state index in [1.54, 1.807) is 0 Å². The van der Waals surface area contributed by atoms with Gasteiger partial charge < -0.3 is 9.84 Å². The highest BCUT2D eigenvalue weighted by atomic mass is 32.1. The Morgan fingerprint density at radius 1 is 1.18 bits per heavy atom. The first-order chi connectivity index (χ1) is 16.1. The summed E-state index contributed by atoms with van der Waals surface area (Å²) in [7, 11) is 1.42. The third kappa shape index (κ3) is 6.82. The van der Waals surface area contributed by atoms with Gasteiger partial charge in [-0.2, -0.15) is 0 Å². The number of unbranched alkanes of at least 4 members (excludes halogenated alkanes) is 2. The third-order valence-corrected chi connectivity index (χ3v) is 7.59. The zero-order chi connectivity index (χ0) is 23.6. The van der Waals surface area contributed by atoms with Crippen molar-refractivity contribution in [3.05, 3.63) is 62.9 Å². The first-order valence-corrected chi connectivity index (χ1v) is 13.0. The lowest BCUT2D eigenvalue weighted by molar-refractivity contribution is 0.0606. The monoisotopic (exact) mass is 464 g/mol. The van der Waals surface area contributed by atoms with Crippen molar-refractivity contribution in [3.63, 3.8) is 0 Å². The minimum atomic E-state index is -0.380. The molecule has 0 spiro atoms. The van der Waals surface area contributed by atoms with Crippen molar-refractivity contribution in [2.45, 2.75) is 77.7 Å². The summed E-state index contributed by atoms with van der Waals surface area (Å²) in [5.74, 6) is 6.70. The summed E-state index contributed by atoms with van der Waals surface area (Å²) in [6.07, 6.45) is 9.18. The van der Waals surface area contributed by atoms with Crippen molar-refractivity contribution in [2.75, 3.05) is 7.11 Å². The van der Waals surface area contributed by atoms with Gasteiger partial charge in [-0.3, -0.25) is 0 Å². The summed E-state index contributed by atoms with van der Waals surface area (Å²) in [5.41, 5.74) is 4.90. The predicted octanol–water partition coefficient (Wildman–Crippen LogP) is 7.36. The molecule has 33 heavy (non-hydrogen) atoms. The smallest absolute Gasteiger partial charge is 0.348 e. The lowest BCUT2D eigenvalue weighted by Gasteiger charge is -2.17. The van der Waals surface area contributed by atoms with Gasteiger partial charge in [-0.25, -0.2) is 4.79 Å². The highest BCUT2D eigenvalue weighted by molar-refractivity contribution is 7.13. The number of aliphatic hydroxyl groups excluding tert-OH is 1. The van der Waals surface area contributed by atoms with Gasteiger partial charge in [0, 0.05) is 10.5 Å². The Hall–Kier alpha value is -2.35. The molecule has 1 aromatic carbocycles. The Bertz CT molecular complexity index is 1000. The number of methoxy groups -OCH3 is 1. The first kappa shape index (κ1) is 25.3. The molecule has 1 aliphatic carbocycles. The molecule has 0 amide bonds. The highest BCUT2D eigenvalue weighted by Gasteiger charge is 2.26. The molecular weight excluding hydrogens is 428 g/mol. The molecule has 2 atom stereocenters. The summed E-state index contributed by atoms with van der Waals surface area (Å²) in [4.78, 5) is 13.6. The Morgan fingerprint density at radius 2 is 1.97 bits per heavy atom.